The minimum absolute atomic E-state index is 0.0000926. The number of anilines is 1. The van der Waals surface area contributed by atoms with E-state index in [4.69, 9.17) is 17.2 Å². The maximum absolute atomic E-state index is 11.4. The summed E-state index contributed by atoms with van der Waals surface area (Å²) >= 11 is 0. The Balaban J connectivity index is 3.18. The first kappa shape index (κ1) is 10.3. The number of guanidine groups is 1. The molecule has 0 saturated heterocycles. The average molecular weight is 220 g/mol. The van der Waals surface area contributed by atoms with Crippen molar-refractivity contribution in [2.45, 2.75) is 4.90 Å². The Hall–Kier alpha value is -1.76. The van der Waals surface area contributed by atoms with Crippen LogP contribution in [-0.4, -0.2) is 14.4 Å². The van der Waals surface area contributed by atoms with Crippen LogP contribution in [0.4, 0.5) is 5.69 Å². The van der Waals surface area contributed by atoms with E-state index in [-0.39, 0.29) is 4.90 Å². The Bertz CT molecular complexity index is 445. The second kappa shape index (κ2) is 3.54. The molecule has 0 radical (unpaired) electrons. The van der Waals surface area contributed by atoms with Crippen LogP contribution >= 0.6 is 0 Å². The number of sulfonamides is 1. The van der Waals surface area contributed by atoms with Gasteiger partial charge in [0.2, 0.25) is 5.96 Å². The number of nitrogen functional groups attached to an aromatic ring is 1. The molecule has 0 fully saturated rings. The summed E-state index contributed by atoms with van der Waals surface area (Å²) in [5.41, 5.74) is 15.8. The first-order valence-electron chi connectivity index (χ1n) is 3.63. The fourth-order valence-corrected chi connectivity index (χ4v) is 1.69. The van der Waals surface area contributed by atoms with Gasteiger partial charge >= 0.3 is 0 Å². The van der Waals surface area contributed by atoms with Crippen molar-refractivity contribution in [3.05, 3.63) is 24.3 Å². The van der Waals surface area contributed by atoms with Crippen LogP contribution < -0.4 is 17.2 Å². The maximum atomic E-state index is 11.4. The van der Waals surface area contributed by atoms with Gasteiger partial charge in [-0.3, -0.25) is 0 Å². The topological polar surface area (TPSA) is 125 Å². The molecule has 0 aliphatic rings. The van der Waals surface area contributed by atoms with Crippen LogP contribution in [0.2, 0.25) is 0 Å². The Morgan fingerprint density at radius 2 is 1.64 bits per heavy atom. The predicted molar refractivity (Wildman–Crippen MR) is 53.9 cm³/mol. The van der Waals surface area contributed by atoms with E-state index in [1.807, 2.05) is 0 Å². The number of rotatable bonds is 2. The van der Waals surface area contributed by atoms with Crippen LogP contribution in [0.25, 0.3) is 0 Å². The van der Waals surface area contributed by atoms with Crippen LogP contribution in [0.15, 0.2) is 33.6 Å². The summed E-state index contributed by atoms with van der Waals surface area (Å²) in [6.07, 6.45) is 0. The monoisotopic (exact) mass is 220 g/mol. The SMILES string of the molecule is NC(N)=NS(=O)(=O)[13c]1[13cH][13cH][13c](N)[13cH][13cH]1. The number of nitrogens with two attached hydrogens (primary N) is 3. The van der Waals surface area contributed by atoms with Gasteiger partial charge in [0.1, 0.15) is 0 Å². The molecule has 6 N–H and O–H groups in total. The van der Waals surface area contributed by atoms with E-state index in [1.54, 1.807) is 0 Å². The largest absolute Gasteiger partial charge is 0.399 e. The fraction of sp³-hybridized carbons (Fsp3) is 0. The van der Waals surface area contributed by atoms with Gasteiger partial charge in [0.05, 0.1) is 4.90 Å². The summed E-state index contributed by atoms with van der Waals surface area (Å²) in [5, 5.41) is 0. The van der Waals surface area contributed by atoms with E-state index in [1.165, 1.54) is 24.3 Å². The molecule has 14 heavy (non-hydrogen) atoms. The molecular weight excluding hydrogens is 210 g/mol. The summed E-state index contributed by atoms with van der Waals surface area (Å²) in [5.74, 6) is -0.498. The lowest BCUT2D eigenvalue weighted by Gasteiger charge is -1.99. The molecule has 0 atom stereocenters. The molecule has 0 aliphatic heterocycles. The van der Waals surface area contributed by atoms with Gasteiger partial charge in [-0.1, -0.05) is 0 Å². The van der Waals surface area contributed by atoms with Gasteiger partial charge in [-0.2, -0.15) is 8.42 Å². The Labute approximate surface area is 81.5 Å². The smallest absolute Gasteiger partial charge is 0.285 e. The second-order valence-electron chi connectivity index (χ2n) is 2.56. The summed E-state index contributed by atoms with van der Waals surface area (Å²) in [7, 11) is -3.79. The van der Waals surface area contributed by atoms with Gasteiger partial charge in [-0.25, -0.2) is 0 Å². The third-order valence-corrected chi connectivity index (χ3v) is 2.72. The molecule has 0 unspecified atom stereocenters. The fourth-order valence-electron chi connectivity index (χ4n) is 0.831. The molecule has 0 heterocycles. The van der Waals surface area contributed by atoms with Gasteiger partial charge in [-0.05, 0) is 24.3 Å². The highest BCUT2D eigenvalue weighted by molar-refractivity contribution is 7.90. The van der Waals surface area contributed by atoms with Crippen molar-refractivity contribution in [1.29, 1.82) is 0 Å². The average Bonchev–Trinajstić information content (AvgIpc) is 2.02. The molecule has 1 aromatic rings. The molecule has 76 valence electrons. The number of hydrogen-bond donors (Lipinski definition) is 3. The van der Waals surface area contributed by atoms with Crippen LogP contribution in [0.1, 0.15) is 0 Å². The second-order valence-corrected chi connectivity index (χ2v) is 4.16. The van der Waals surface area contributed by atoms with Crippen molar-refractivity contribution < 1.29 is 8.42 Å². The minimum Gasteiger partial charge on any atom is -0.399 e. The van der Waals surface area contributed by atoms with Gasteiger partial charge in [0.15, 0.2) is 0 Å². The molecule has 0 saturated carbocycles. The number of hydrogen-bond acceptors (Lipinski definition) is 3. The normalized spacial score (nSPS) is 10.9. The highest BCUT2D eigenvalue weighted by Crippen LogP contribution is 2.13. The van der Waals surface area contributed by atoms with Crippen molar-refractivity contribution >= 4 is 21.7 Å². The standard InChI is InChI=1S/C7H10N4O2S/c8-5-1-3-6(4-2-5)14(12,13)11-7(9)10/h1-4H,8H2,(H4,9,10,11)/i1+1,2+1,3+1,4+1,5+1,6+1. The van der Waals surface area contributed by atoms with Crippen molar-refractivity contribution in [3.8, 4) is 0 Å². The molecule has 0 spiro atoms. The lowest BCUT2D eigenvalue weighted by Crippen LogP contribution is -2.24. The molecule has 1 rings (SSSR count). The zero-order valence-electron chi connectivity index (χ0n) is 7.21. The Morgan fingerprint density at radius 3 is 2.07 bits per heavy atom. The van der Waals surface area contributed by atoms with E-state index in [0.717, 1.165) is 0 Å². The van der Waals surface area contributed by atoms with Gasteiger partial charge < -0.3 is 17.2 Å². The zero-order valence-corrected chi connectivity index (χ0v) is 8.03. The van der Waals surface area contributed by atoms with Crippen molar-refractivity contribution in [1.82, 2.24) is 0 Å². The predicted octanol–water partition coefficient (Wildman–Crippen LogP) is -0.769. The highest BCUT2D eigenvalue weighted by atomic mass is 32.2. The van der Waals surface area contributed by atoms with Gasteiger partial charge in [0.25, 0.3) is 10.0 Å². The number of benzene rings is 1. The lowest BCUT2D eigenvalue weighted by molar-refractivity contribution is 0.598. The molecule has 7 heteroatoms. The van der Waals surface area contributed by atoms with E-state index < -0.39 is 16.0 Å². The molecule has 6 nitrogen and oxygen atoms in total. The van der Waals surface area contributed by atoms with Crippen LogP contribution in [0.3, 0.4) is 0 Å². The molecule has 0 bridgehead atoms. The molecule has 0 amide bonds. The summed E-state index contributed by atoms with van der Waals surface area (Å²) in [4.78, 5) is 0.0000926. The van der Waals surface area contributed by atoms with Gasteiger partial charge in [0, 0.05) is 5.69 Å². The third-order valence-electron chi connectivity index (χ3n) is 1.40. The maximum Gasteiger partial charge on any atom is 0.285 e. The quantitative estimate of drug-likeness (QED) is 0.343. The van der Waals surface area contributed by atoms with Gasteiger partial charge in [-0.15, -0.1) is 4.40 Å². The van der Waals surface area contributed by atoms with Crippen molar-refractivity contribution in [2.75, 3.05) is 5.73 Å². The van der Waals surface area contributed by atoms with E-state index in [9.17, 15) is 8.42 Å². The number of nitrogens with zero attached hydrogens (tertiary/aromatic N) is 1. The summed E-state index contributed by atoms with van der Waals surface area (Å²) in [6, 6.07) is 5.57. The van der Waals surface area contributed by atoms with E-state index in [2.05, 4.69) is 4.40 Å². The first-order chi connectivity index (χ1) is 6.42. The minimum atomic E-state index is -3.79. The van der Waals surface area contributed by atoms with E-state index >= 15 is 0 Å². The van der Waals surface area contributed by atoms with Crippen molar-refractivity contribution in [2.24, 2.45) is 15.9 Å². The third kappa shape index (κ3) is 2.36. The molecule has 1 aromatic carbocycles. The molecular formula is C7H10N4O2S. The summed E-state index contributed by atoms with van der Waals surface area (Å²) < 4.78 is 25.8. The van der Waals surface area contributed by atoms with E-state index in [0.29, 0.717) is 5.69 Å². The summed E-state index contributed by atoms with van der Waals surface area (Å²) in [6.45, 7) is 0. The van der Waals surface area contributed by atoms with Crippen LogP contribution in [0.5, 0.6) is 0 Å². The molecule has 0 aliphatic carbocycles. The Kier molecular flexibility index (Phi) is 2.61. The molecule has 0 aromatic heterocycles. The first-order valence-corrected chi connectivity index (χ1v) is 5.07. The highest BCUT2D eigenvalue weighted by Gasteiger charge is 2.11. The van der Waals surface area contributed by atoms with Crippen LogP contribution in [0, 0.1) is 0 Å². The Morgan fingerprint density at radius 1 is 1.14 bits per heavy atom. The van der Waals surface area contributed by atoms with Crippen molar-refractivity contribution in [3.63, 3.8) is 0 Å². The zero-order chi connectivity index (χ0) is 10.8. The van der Waals surface area contributed by atoms with Crippen LogP contribution in [-0.2, 0) is 10.0 Å². The lowest BCUT2D eigenvalue weighted by atomic mass is 11.1.